The second kappa shape index (κ2) is 4.07. The zero-order valence-electron chi connectivity index (χ0n) is 9.87. The van der Waals surface area contributed by atoms with Crippen LogP contribution in [0.2, 0.25) is 0 Å². The summed E-state index contributed by atoms with van der Waals surface area (Å²) in [7, 11) is 1.79. The molecule has 0 radical (unpaired) electrons. The maximum atomic E-state index is 12.4. The van der Waals surface area contributed by atoms with Gasteiger partial charge in [0.2, 0.25) is 0 Å². The maximum Gasteiger partial charge on any atom is 0.198 e. The van der Waals surface area contributed by atoms with Crippen LogP contribution >= 0.6 is 0 Å². The molecule has 0 atom stereocenters. The quantitative estimate of drug-likeness (QED) is 0.642. The molecule has 0 saturated carbocycles. The molecule has 2 heterocycles. The van der Waals surface area contributed by atoms with Crippen molar-refractivity contribution in [3.8, 4) is 0 Å². The van der Waals surface area contributed by atoms with E-state index in [0.717, 1.165) is 10.9 Å². The van der Waals surface area contributed by atoms with Crippen molar-refractivity contribution in [2.45, 2.75) is 0 Å². The lowest BCUT2D eigenvalue weighted by atomic mass is 10.0. The van der Waals surface area contributed by atoms with E-state index in [4.69, 9.17) is 0 Å². The number of carbonyl (C=O) groups is 1. The molecule has 3 rings (SSSR count). The van der Waals surface area contributed by atoms with Gasteiger partial charge in [-0.15, -0.1) is 0 Å². The smallest absolute Gasteiger partial charge is 0.198 e. The van der Waals surface area contributed by atoms with E-state index >= 15 is 0 Å². The Morgan fingerprint density at radius 1 is 1.22 bits per heavy atom. The van der Waals surface area contributed by atoms with Gasteiger partial charge in [0.25, 0.3) is 0 Å². The topological polar surface area (TPSA) is 47.8 Å². The SMILES string of the molecule is Cn1cc(C(=O)c2cccc3cccnc23)cn1. The van der Waals surface area contributed by atoms with Gasteiger partial charge in [-0.25, -0.2) is 0 Å². The second-order valence-electron chi connectivity index (χ2n) is 4.11. The normalized spacial score (nSPS) is 10.7. The van der Waals surface area contributed by atoms with Gasteiger partial charge >= 0.3 is 0 Å². The number of benzene rings is 1. The minimum Gasteiger partial charge on any atom is -0.288 e. The van der Waals surface area contributed by atoms with Crippen molar-refractivity contribution in [3.63, 3.8) is 0 Å². The molecule has 0 aliphatic heterocycles. The Hall–Kier alpha value is -2.49. The Bertz CT molecular complexity index is 725. The van der Waals surface area contributed by atoms with Crippen molar-refractivity contribution in [3.05, 3.63) is 60.0 Å². The average Bonchev–Trinajstić information content (AvgIpc) is 2.84. The number of nitrogens with zero attached hydrogens (tertiary/aromatic N) is 3. The summed E-state index contributed by atoms with van der Waals surface area (Å²) in [6, 6.07) is 9.42. The van der Waals surface area contributed by atoms with Crippen LogP contribution in [0.4, 0.5) is 0 Å². The second-order valence-corrected chi connectivity index (χ2v) is 4.11. The highest BCUT2D eigenvalue weighted by Crippen LogP contribution is 2.18. The van der Waals surface area contributed by atoms with Crippen molar-refractivity contribution < 1.29 is 4.79 Å². The molecule has 0 aliphatic carbocycles. The molecule has 0 spiro atoms. The standard InChI is InChI=1S/C14H11N3O/c1-17-9-11(8-16-17)14(18)12-6-2-4-10-5-3-7-15-13(10)12/h2-9H,1H3. The van der Waals surface area contributed by atoms with E-state index in [1.165, 1.54) is 0 Å². The molecule has 0 amide bonds. The number of aromatic nitrogens is 3. The first-order chi connectivity index (χ1) is 8.75. The Labute approximate surface area is 104 Å². The van der Waals surface area contributed by atoms with Gasteiger partial charge in [0, 0.05) is 30.4 Å². The number of pyridine rings is 1. The summed E-state index contributed by atoms with van der Waals surface area (Å²) >= 11 is 0. The first-order valence-corrected chi connectivity index (χ1v) is 5.63. The summed E-state index contributed by atoms with van der Waals surface area (Å²) in [5.74, 6) is -0.0487. The summed E-state index contributed by atoms with van der Waals surface area (Å²) in [4.78, 5) is 16.7. The lowest BCUT2D eigenvalue weighted by Crippen LogP contribution is -2.01. The van der Waals surface area contributed by atoms with Crippen molar-refractivity contribution in [1.29, 1.82) is 0 Å². The third-order valence-corrected chi connectivity index (χ3v) is 2.84. The average molecular weight is 237 g/mol. The molecule has 88 valence electrons. The van der Waals surface area contributed by atoms with Gasteiger partial charge in [0.05, 0.1) is 17.3 Å². The zero-order chi connectivity index (χ0) is 12.5. The summed E-state index contributed by atoms with van der Waals surface area (Å²) in [6.07, 6.45) is 4.98. The summed E-state index contributed by atoms with van der Waals surface area (Å²) in [5, 5.41) is 4.98. The third-order valence-electron chi connectivity index (χ3n) is 2.84. The highest BCUT2D eigenvalue weighted by molar-refractivity contribution is 6.15. The van der Waals surface area contributed by atoms with E-state index < -0.39 is 0 Å². The van der Waals surface area contributed by atoms with Crippen LogP contribution in [-0.4, -0.2) is 20.5 Å². The molecule has 0 N–H and O–H groups in total. The molecule has 0 saturated heterocycles. The van der Waals surface area contributed by atoms with Gasteiger partial charge in [0.15, 0.2) is 5.78 Å². The molecule has 1 aromatic carbocycles. The van der Waals surface area contributed by atoms with Gasteiger partial charge in [0.1, 0.15) is 0 Å². The Morgan fingerprint density at radius 3 is 2.83 bits per heavy atom. The van der Waals surface area contributed by atoms with Crippen molar-refractivity contribution in [2.75, 3.05) is 0 Å². The minimum atomic E-state index is -0.0487. The number of fused-ring (bicyclic) bond motifs is 1. The fourth-order valence-electron chi connectivity index (χ4n) is 1.98. The van der Waals surface area contributed by atoms with E-state index in [1.54, 1.807) is 36.4 Å². The molecule has 0 aliphatic rings. The monoisotopic (exact) mass is 237 g/mol. The van der Waals surface area contributed by atoms with Crippen molar-refractivity contribution in [2.24, 2.45) is 7.05 Å². The number of carbonyl (C=O) groups excluding carboxylic acids is 1. The number of hydrogen-bond donors (Lipinski definition) is 0. The highest BCUT2D eigenvalue weighted by atomic mass is 16.1. The predicted octanol–water partition coefficient (Wildman–Crippen LogP) is 2.20. The number of para-hydroxylation sites is 1. The van der Waals surface area contributed by atoms with Crippen LogP contribution in [0.5, 0.6) is 0 Å². The zero-order valence-corrected chi connectivity index (χ0v) is 9.87. The van der Waals surface area contributed by atoms with Crippen LogP contribution < -0.4 is 0 Å². The number of aryl methyl sites for hydroxylation is 1. The largest absolute Gasteiger partial charge is 0.288 e. The van der Waals surface area contributed by atoms with Gasteiger partial charge in [-0.2, -0.15) is 5.10 Å². The molecule has 0 unspecified atom stereocenters. The lowest BCUT2D eigenvalue weighted by molar-refractivity contribution is 0.104. The maximum absolute atomic E-state index is 12.4. The highest BCUT2D eigenvalue weighted by Gasteiger charge is 2.14. The summed E-state index contributed by atoms with van der Waals surface area (Å²) < 4.78 is 1.62. The van der Waals surface area contributed by atoms with Gasteiger partial charge in [-0.1, -0.05) is 18.2 Å². The van der Waals surface area contributed by atoms with Crippen LogP contribution in [0.25, 0.3) is 10.9 Å². The first kappa shape index (κ1) is 10.7. The molecule has 4 heteroatoms. The number of rotatable bonds is 2. The van der Waals surface area contributed by atoms with Crippen molar-refractivity contribution in [1.82, 2.24) is 14.8 Å². The number of hydrogen-bond acceptors (Lipinski definition) is 3. The fourth-order valence-corrected chi connectivity index (χ4v) is 1.98. The molecule has 0 bridgehead atoms. The van der Waals surface area contributed by atoms with Gasteiger partial charge < -0.3 is 0 Å². The summed E-state index contributed by atoms with van der Waals surface area (Å²) in [6.45, 7) is 0. The van der Waals surface area contributed by atoms with E-state index in [0.29, 0.717) is 11.1 Å². The van der Waals surface area contributed by atoms with Crippen LogP contribution in [0.1, 0.15) is 15.9 Å². The molecular weight excluding hydrogens is 226 g/mol. The van der Waals surface area contributed by atoms with Crippen LogP contribution in [0, 0.1) is 0 Å². The molecule has 4 nitrogen and oxygen atoms in total. The fraction of sp³-hybridized carbons (Fsp3) is 0.0714. The van der Waals surface area contributed by atoms with Crippen LogP contribution in [-0.2, 0) is 7.05 Å². The molecule has 18 heavy (non-hydrogen) atoms. The van der Waals surface area contributed by atoms with Crippen molar-refractivity contribution >= 4 is 16.7 Å². The van der Waals surface area contributed by atoms with Gasteiger partial charge in [-0.3, -0.25) is 14.5 Å². The minimum absolute atomic E-state index is 0.0487. The lowest BCUT2D eigenvalue weighted by Gasteiger charge is -2.02. The van der Waals surface area contributed by atoms with E-state index in [2.05, 4.69) is 10.1 Å². The van der Waals surface area contributed by atoms with Crippen LogP contribution in [0.3, 0.4) is 0 Å². The Kier molecular flexibility index (Phi) is 2.41. The molecular formula is C14H11N3O. The summed E-state index contributed by atoms with van der Waals surface area (Å²) in [5.41, 5.74) is 1.92. The molecule has 2 aromatic heterocycles. The number of ketones is 1. The van der Waals surface area contributed by atoms with Gasteiger partial charge in [-0.05, 0) is 12.1 Å². The third kappa shape index (κ3) is 1.68. The molecule has 3 aromatic rings. The van der Waals surface area contributed by atoms with Crippen LogP contribution in [0.15, 0.2) is 48.9 Å². The van der Waals surface area contributed by atoms with E-state index in [1.807, 2.05) is 24.3 Å². The Morgan fingerprint density at radius 2 is 2.06 bits per heavy atom. The van der Waals surface area contributed by atoms with E-state index in [-0.39, 0.29) is 5.78 Å². The van der Waals surface area contributed by atoms with E-state index in [9.17, 15) is 4.79 Å². The first-order valence-electron chi connectivity index (χ1n) is 5.63. The molecule has 0 fully saturated rings. The predicted molar refractivity (Wildman–Crippen MR) is 68.4 cm³/mol. The Balaban J connectivity index is 2.17.